The molecular weight excluding hydrogens is 344 g/mol. The molecular formula is C20H22N4O3. The van der Waals surface area contributed by atoms with Crippen molar-refractivity contribution >= 4 is 22.9 Å². The number of aromatic nitrogens is 3. The van der Waals surface area contributed by atoms with E-state index in [4.69, 9.17) is 4.74 Å². The van der Waals surface area contributed by atoms with E-state index in [1.54, 1.807) is 16.8 Å². The first-order valence-corrected chi connectivity index (χ1v) is 9.01. The molecule has 27 heavy (non-hydrogen) atoms. The van der Waals surface area contributed by atoms with Crippen LogP contribution in [-0.2, 0) is 16.3 Å². The van der Waals surface area contributed by atoms with Gasteiger partial charge in [0.15, 0.2) is 6.73 Å². The largest absolute Gasteiger partial charge is 0.442 e. The molecule has 0 bridgehead atoms. The second-order valence-electron chi connectivity index (χ2n) is 6.16. The molecule has 140 valence electrons. The molecule has 0 fully saturated rings. The number of unbranched alkanes of at least 4 members (excludes halogenated alkanes) is 2. The van der Waals surface area contributed by atoms with E-state index in [0.717, 1.165) is 30.3 Å². The van der Waals surface area contributed by atoms with Crippen LogP contribution >= 0.6 is 0 Å². The number of fused-ring (bicyclic) bond motifs is 1. The van der Waals surface area contributed by atoms with Crippen LogP contribution < -0.4 is 5.32 Å². The van der Waals surface area contributed by atoms with Crippen LogP contribution in [0.5, 0.6) is 0 Å². The van der Waals surface area contributed by atoms with Gasteiger partial charge in [0.25, 0.3) is 5.91 Å². The molecule has 7 heteroatoms. The number of para-hydroxylation sites is 1. The van der Waals surface area contributed by atoms with Crippen LogP contribution in [0.25, 0.3) is 11.0 Å². The summed E-state index contributed by atoms with van der Waals surface area (Å²) in [6.07, 6.45) is 2.73. The second kappa shape index (κ2) is 9.47. The Balaban J connectivity index is 1.28. The summed E-state index contributed by atoms with van der Waals surface area (Å²) in [5.41, 5.74) is 2.26. The molecule has 1 heterocycles. The van der Waals surface area contributed by atoms with Gasteiger partial charge in [-0.25, -0.2) is 4.68 Å². The Morgan fingerprint density at radius 2 is 1.74 bits per heavy atom. The Bertz CT molecular complexity index is 892. The molecule has 3 rings (SSSR count). The number of benzene rings is 2. The van der Waals surface area contributed by atoms with Crippen molar-refractivity contribution < 1.29 is 14.3 Å². The second-order valence-corrected chi connectivity index (χ2v) is 6.16. The van der Waals surface area contributed by atoms with Gasteiger partial charge in [0.2, 0.25) is 0 Å². The van der Waals surface area contributed by atoms with Gasteiger partial charge in [0.1, 0.15) is 5.52 Å². The number of rotatable bonds is 9. The minimum Gasteiger partial charge on any atom is -0.442 e. The van der Waals surface area contributed by atoms with Crippen molar-refractivity contribution in [3.8, 4) is 0 Å². The first-order valence-electron chi connectivity index (χ1n) is 9.01. The molecule has 0 aliphatic rings. The highest BCUT2D eigenvalue weighted by atomic mass is 16.5. The molecule has 0 aliphatic heterocycles. The minimum absolute atomic E-state index is 0.0620. The number of carbonyl (C=O) groups excluding carboxylic acids is 2. The highest BCUT2D eigenvalue weighted by Gasteiger charge is 2.07. The zero-order valence-electron chi connectivity index (χ0n) is 15.0. The van der Waals surface area contributed by atoms with Crippen LogP contribution in [0.1, 0.15) is 36.0 Å². The van der Waals surface area contributed by atoms with Crippen molar-refractivity contribution in [2.75, 3.05) is 6.54 Å². The molecule has 0 spiro atoms. The van der Waals surface area contributed by atoms with Gasteiger partial charge >= 0.3 is 5.97 Å². The molecule has 0 radical (unpaired) electrons. The third kappa shape index (κ3) is 5.37. The minimum atomic E-state index is -0.261. The molecule has 1 amide bonds. The number of nitrogens with one attached hydrogen (secondary N) is 1. The van der Waals surface area contributed by atoms with E-state index in [0.29, 0.717) is 18.5 Å². The van der Waals surface area contributed by atoms with Gasteiger partial charge in [-0.2, -0.15) is 0 Å². The Morgan fingerprint density at radius 1 is 0.963 bits per heavy atom. The monoisotopic (exact) mass is 366 g/mol. The molecule has 3 aromatic rings. The number of hydrogen-bond acceptors (Lipinski definition) is 5. The van der Waals surface area contributed by atoms with Crippen molar-refractivity contribution in [1.82, 2.24) is 20.3 Å². The molecule has 0 unspecified atom stereocenters. The zero-order chi connectivity index (χ0) is 18.9. The van der Waals surface area contributed by atoms with Crippen LogP contribution in [0.2, 0.25) is 0 Å². The normalized spacial score (nSPS) is 10.7. The van der Waals surface area contributed by atoms with E-state index in [1.165, 1.54) is 0 Å². The first-order chi connectivity index (χ1) is 13.2. The Hall–Kier alpha value is -3.22. The first kappa shape index (κ1) is 18.6. The van der Waals surface area contributed by atoms with Crippen molar-refractivity contribution in [2.45, 2.75) is 32.4 Å². The molecule has 1 aromatic heterocycles. The average Bonchev–Trinajstić information content (AvgIpc) is 3.12. The van der Waals surface area contributed by atoms with Crippen molar-refractivity contribution in [3.63, 3.8) is 0 Å². The topological polar surface area (TPSA) is 86.1 Å². The lowest BCUT2D eigenvalue weighted by molar-refractivity contribution is -0.147. The van der Waals surface area contributed by atoms with Crippen LogP contribution in [0.3, 0.4) is 0 Å². The number of amides is 1. The third-order valence-corrected chi connectivity index (χ3v) is 4.15. The van der Waals surface area contributed by atoms with Gasteiger partial charge in [-0.05, 0) is 37.1 Å². The maximum absolute atomic E-state index is 11.9. The molecule has 7 nitrogen and oxygen atoms in total. The number of ether oxygens (including phenoxy) is 1. The number of carbonyl (C=O) groups is 2. The van der Waals surface area contributed by atoms with E-state index >= 15 is 0 Å². The summed E-state index contributed by atoms with van der Waals surface area (Å²) < 4.78 is 6.81. The van der Waals surface area contributed by atoms with Crippen molar-refractivity contribution in [1.29, 1.82) is 0 Å². The predicted molar refractivity (Wildman–Crippen MR) is 101 cm³/mol. The van der Waals surface area contributed by atoms with Gasteiger partial charge in [-0.3, -0.25) is 9.59 Å². The van der Waals surface area contributed by atoms with Crippen LogP contribution in [0, 0.1) is 0 Å². The Morgan fingerprint density at radius 3 is 2.59 bits per heavy atom. The Labute approximate surface area is 157 Å². The number of nitrogens with zero attached hydrogens (tertiary/aromatic N) is 3. The predicted octanol–water partition coefficient (Wildman–Crippen LogP) is 2.92. The summed E-state index contributed by atoms with van der Waals surface area (Å²) in [7, 11) is 0. The molecule has 2 aromatic carbocycles. The summed E-state index contributed by atoms with van der Waals surface area (Å²) in [6, 6.07) is 16.6. The molecule has 0 saturated carbocycles. The number of esters is 1. The summed E-state index contributed by atoms with van der Waals surface area (Å²) in [6.45, 7) is 0.653. The van der Waals surface area contributed by atoms with Gasteiger partial charge in [-0.1, -0.05) is 42.0 Å². The highest BCUT2D eigenvalue weighted by Crippen LogP contribution is 2.10. The lowest BCUT2D eigenvalue weighted by Gasteiger charge is -2.06. The maximum atomic E-state index is 11.9. The summed E-state index contributed by atoms with van der Waals surface area (Å²) in [5.74, 6) is -0.335. The van der Waals surface area contributed by atoms with E-state index < -0.39 is 0 Å². The smallest absolute Gasteiger partial charge is 0.307 e. The molecule has 0 aliphatic carbocycles. The van der Waals surface area contributed by atoms with E-state index in [9.17, 15) is 9.59 Å². The number of hydrogen-bond donors (Lipinski definition) is 1. The van der Waals surface area contributed by atoms with Crippen LogP contribution in [-0.4, -0.2) is 33.4 Å². The quantitative estimate of drug-likeness (QED) is 0.465. The molecule has 0 saturated heterocycles. The summed E-state index contributed by atoms with van der Waals surface area (Å²) >= 11 is 0. The van der Waals surface area contributed by atoms with Crippen molar-refractivity contribution in [3.05, 3.63) is 60.2 Å². The third-order valence-electron chi connectivity index (χ3n) is 4.15. The average molecular weight is 366 g/mol. The SMILES string of the molecule is O=C(CCCCCNC(=O)c1ccccc1)OCn1nnc2ccccc21. The fraction of sp³-hybridized carbons (Fsp3) is 0.300. The lowest BCUT2D eigenvalue weighted by Crippen LogP contribution is -2.24. The van der Waals surface area contributed by atoms with E-state index in [2.05, 4.69) is 15.6 Å². The Kier molecular flexibility index (Phi) is 6.51. The molecule has 1 N–H and O–H groups in total. The van der Waals surface area contributed by atoms with E-state index in [1.807, 2.05) is 42.5 Å². The van der Waals surface area contributed by atoms with Crippen LogP contribution in [0.15, 0.2) is 54.6 Å². The fourth-order valence-corrected chi connectivity index (χ4v) is 2.68. The van der Waals surface area contributed by atoms with Gasteiger partial charge < -0.3 is 10.1 Å². The lowest BCUT2D eigenvalue weighted by atomic mass is 10.2. The fourth-order valence-electron chi connectivity index (χ4n) is 2.68. The maximum Gasteiger partial charge on any atom is 0.307 e. The van der Waals surface area contributed by atoms with Gasteiger partial charge in [0.05, 0.1) is 5.52 Å². The summed E-state index contributed by atoms with van der Waals surface area (Å²) in [5, 5.41) is 10.9. The van der Waals surface area contributed by atoms with Gasteiger partial charge in [0, 0.05) is 18.5 Å². The standard InChI is InChI=1S/C20H22N4O3/c25-19(27-15-24-18-12-7-6-11-17(18)22-23-24)13-5-2-8-14-21-20(26)16-9-3-1-4-10-16/h1,3-4,6-7,9-12H,2,5,8,13-15H2,(H,21,26). The summed E-state index contributed by atoms with van der Waals surface area (Å²) in [4.78, 5) is 23.7. The highest BCUT2D eigenvalue weighted by molar-refractivity contribution is 5.94. The van der Waals surface area contributed by atoms with E-state index in [-0.39, 0.29) is 18.6 Å². The van der Waals surface area contributed by atoms with Crippen LogP contribution in [0.4, 0.5) is 0 Å². The molecule has 0 atom stereocenters. The van der Waals surface area contributed by atoms with Gasteiger partial charge in [-0.15, -0.1) is 5.10 Å². The van der Waals surface area contributed by atoms with Crippen molar-refractivity contribution in [2.24, 2.45) is 0 Å². The zero-order valence-corrected chi connectivity index (χ0v) is 15.0.